The lowest BCUT2D eigenvalue weighted by molar-refractivity contribution is -0.111. The number of amides is 2. The third-order valence-electron chi connectivity index (χ3n) is 3.49. The molecule has 0 saturated carbocycles. The summed E-state index contributed by atoms with van der Waals surface area (Å²) >= 11 is 1.08. The number of thioether (sulfide) groups is 1. The fraction of sp³-hybridized carbons (Fsp3) is 0.238. The molecule has 0 saturated heterocycles. The van der Waals surface area contributed by atoms with Gasteiger partial charge in [0.25, 0.3) is 5.24 Å². The molecule has 0 heterocycles. The first-order valence-electron chi connectivity index (χ1n) is 8.69. The lowest BCUT2D eigenvalue weighted by Gasteiger charge is -2.12. The Hall–Kier alpha value is -2.73. The van der Waals surface area contributed by atoms with Crippen LogP contribution in [0.1, 0.15) is 18.9 Å². The third-order valence-corrected chi connectivity index (χ3v) is 4.60. The van der Waals surface area contributed by atoms with E-state index in [0.29, 0.717) is 17.2 Å². The Morgan fingerprint density at radius 1 is 1.11 bits per heavy atom. The number of anilines is 1. The summed E-state index contributed by atoms with van der Waals surface area (Å²) in [6, 6.07) is 14.8. The number of nitrogens with zero attached hydrogens (tertiary/aromatic N) is 1. The minimum absolute atomic E-state index is 0.0994. The molecule has 1 N–H and O–H groups in total. The highest BCUT2D eigenvalue weighted by atomic mass is 32.2. The number of para-hydroxylation sites is 1. The second-order valence-electron chi connectivity index (χ2n) is 6.00. The molecular formula is C21H24N2O3S. The summed E-state index contributed by atoms with van der Waals surface area (Å²) in [7, 11) is 3.38. The van der Waals surface area contributed by atoms with Crippen LogP contribution in [0, 0.1) is 0 Å². The zero-order valence-electron chi connectivity index (χ0n) is 15.8. The first-order valence-corrected chi connectivity index (χ1v) is 9.51. The van der Waals surface area contributed by atoms with Crippen LogP contribution < -0.4 is 10.1 Å². The Labute approximate surface area is 164 Å². The summed E-state index contributed by atoms with van der Waals surface area (Å²) in [5.41, 5.74) is 1.51. The van der Waals surface area contributed by atoms with Gasteiger partial charge in [0.05, 0.1) is 12.3 Å². The van der Waals surface area contributed by atoms with E-state index in [-0.39, 0.29) is 11.1 Å². The van der Waals surface area contributed by atoms with Crippen molar-refractivity contribution >= 4 is 34.7 Å². The van der Waals surface area contributed by atoms with E-state index < -0.39 is 0 Å². The molecule has 0 unspecified atom stereocenters. The highest BCUT2D eigenvalue weighted by Crippen LogP contribution is 2.28. The van der Waals surface area contributed by atoms with Gasteiger partial charge in [-0.1, -0.05) is 31.2 Å². The van der Waals surface area contributed by atoms with Crippen LogP contribution in [0.5, 0.6) is 5.75 Å². The van der Waals surface area contributed by atoms with Crippen molar-refractivity contribution in [3.05, 3.63) is 60.2 Å². The maximum absolute atomic E-state index is 12.2. The van der Waals surface area contributed by atoms with Crippen molar-refractivity contribution < 1.29 is 14.3 Å². The molecule has 2 aromatic carbocycles. The number of benzene rings is 2. The molecule has 27 heavy (non-hydrogen) atoms. The van der Waals surface area contributed by atoms with Crippen LogP contribution in [-0.2, 0) is 4.79 Å². The first kappa shape index (κ1) is 20.6. The minimum Gasteiger partial charge on any atom is -0.494 e. The summed E-state index contributed by atoms with van der Waals surface area (Å²) in [6.45, 7) is 2.74. The van der Waals surface area contributed by atoms with Crippen molar-refractivity contribution in [1.82, 2.24) is 4.90 Å². The third kappa shape index (κ3) is 6.83. The van der Waals surface area contributed by atoms with Crippen LogP contribution in [-0.4, -0.2) is 36.7 Å². The van der Waals surface area contributed by atoms with E-state index in [2.05, 4.69) is 12.2 Å². The number of hydrogen-bond donors (Lipinski definition) is 1. The summed E-state index contributed by atoms with van der Waals surface area (Å²) in [5, 5.41) is 2.72. The van der Waals surface area contributed by atoms with Crippen LogP contribution in [0.2, 0.25) is 0 Å². The second kappa shape index (κ2) is 10.4. The number of hydrogen-bond acceptors (Lipinski definition) is 4. The Bertz CT molecular complexity index is 801. The van der Waals surface area contributed by atoms with Crippen molar-refractivity contribution in [2.45, 2.75) is 18.2 Å². The summed E-state index contributed by atoms with van der Waals surface area (Å²) in [5.74, 6) is 0.557. The standard InChI is InChI=1S/C21H24N2O3S/c1-4-15-26-17-12-9-16(10-13-17)11-14-20(24)22-18-7-5-6-8-19(18)27-21(25)23(2)3/h5-14H,4,15H2,1-3H3,(H,22,24)/b14-11+. The zero-order valence-corrected chi connectivity index (χ0v) is 16.6. The zero-order chi connectivity index (χ0) is 19.6. The maximum atomic E-state index is 12.2. The molecule has 0 aliphatic heterocycles. The second-order valence-corrected chi connectivity index (χ2v) is 6.99. The van der Waals surface area contributed by atoms with Gasteiger partial charge in [0.15, 0.2) is 0 Å². The predicted molar refractivity (Wildman–Crippen MR) is 111 cm³/mol. The molecule has 6 heteroatoms. The molecule has 2 aromatic rings. The van der Waals surface area contributed by atoms with E-state index in [1.165, 1.54) is 11.0 Å². The van der Waals surface area contributed by atoms with Gasteiger partial charge in [-0.25, -0.2) is 0 Å². The monoisotopic (exact) mass is 384 g/mol. The molecule has 0 aliphatic carbocycles. The molecule has 0 aromatic heterocycles. The summed E-state index contributed by atoms with van der Waals surface area (Å²) < 4.78 is 5.54. The van der Waals surface area contributed by atoms with Crippen LogP contribution >= 0.6 is 11.8 Å². The van der Waals surface area contributed by atoms with Crippen molar-refractivity contribution in [3.8, 4) is 5.75 Å². The van der Waals surface area contributed by atoms with Gasteiger partial charge in [0.2, 0.25) is 5.91 Å². The lowest BCUT2D eigenvalue weighted by Crippen LogP contribution is -2.16. The molecule has 0 aliphatic rings. The van der Waals surface area contributed by atoms with Crippen LogP contribution in [0.4, 0.5) is 10.5 Å². The topological polar surface area (TPSA) is 58.6 Å². The van der Waals surface area contributed by atoms with Gasteiger partial charge < -0.3 is 15.0 Å². The van der Waals surface area contributed by atoms with Crippen molar-refractivity contribution in [1.29, 1.82) is 0 Å². The highest BCUT2D eigenvalue weighted by Gasteiger charge is 2.11. The quantitative estimate of drug-likeness (QED) is 0.545. The number of rotatable bonds is 7. The smallest absolute Gasteiger partial charge is 0.286 e. The van der Waals surface area contributed by atoms with Gasteiger partial charge in [0.1, 0.15) is 5.75 Å². The molecule has 0 atom stereocenters. The van der Waals surface area contributed by atoms with Gasteiger partial charge in [-0.2, -0.15) is 0 Å². The number of nitrogens with one attached hydrogen (secondary N) is 1. The fourth-order valence-corrected chi connectivity index (χ4v) is 2.83. The van der Waals surface area contributed by atoms with Gasteiger partial charge >= 0.3 is 0 Å². The summed E-state index contributed by atoms with van der Waals surface area (Å²) in [4.78, 5) is 26.3. The SMILES string of the molecule is CCCOc1ccc(/C=C/C(=O)Nc2ccccc2SC(=O)N(C)C)cc1. The van der Waals surface area contributed by atoms with Gasteiger partial charge in [-0.05, 0) is 54.1 Å². The number of carbonyl (C=O) groups excluding carboxylic acids is 2. The first-order chi connectivity index (χ1) is 13.0. The lowest BCUT2D eigenvalue weighted by atomic mass is 10.2. The van der Waals surface area contributed by atoms with Crippen molar-refractivity contribution in [3.63, 3.8) is 0 Å². The van der Waals surface area contributed by atoms with Crippen LogP contribution in [0.3, 0.4) is 0 Å². The highest BCUT2D eigenvalue weighted by molar-refractivity contribution is 8.13. The minimum atomic E-state index is -0.258. The van der Waals surface area contributed by atoms with E-state index in [9.17, 15) is 9.59 Å². The Morgan fingerprint density at radius 2 is 1.81 bits per heavy atom. The van der Waals surface area contributed by atoms with E-state index >= 15 is 0 Å². The van der Waals surface area contributed by atoms with Crippen LogP contribution in [0.25, 0.3) is 6.08 Å². The van der Waals surface area contributed by atoms with Gasteiger partial charge in [0, 0.05) is 25.1 Å². The molecule has 0 bridgehead atoms. The van der Waals surface area contributed by atoms with E-state index in [1.54, 1.807) is 32.3 Å². The Kier molecular flexibility index (Phi) is 7.95. The predicted octanol–water partition coefficient (Wildman–Crippen LogP) is 4.90. The number of carbonyl (C=O) groups is 2. The van der Waals surface area contributed by atoms with E-state index in [0.717, 1.165) is 29.5 Å². The van der Waals surface area contributed by atoms with Crippen LogP contribution in [0.15, 0.2) is 59.5 Å². The maximum Gasteiger partial charge on any atom is 0.286 e. The molecule has 0 spiro atoms. The molecule has 2 amide bonds. The fourth-order valence-electron chi connectivity index (χ4n) is 2.09. The van der Waals surface area contributed by atoms with E-state index in [4.69, 9.17) is 4.74 Å². The average Bonchev–Trinajstić information content (AvgIpc) is 2.67. The molecule has 2 rings (SSSR count). The van der Waals surface area contributed by atoms with Gasteiger partial charge in [-0.3, -0.25) is 9.59 Å². The molecule has 0 fully saturated rings. The molecule has 5 nitrogen and oxygen atoms in total. The van der Waals surface area contributed by atoms with Gasteiger partial charge in [-0.15, -0.1) is 0 Å². The van der Waals surface area contributed by atoms with Crippen molar-refractivity contribution in [2.24, 2.45) is 0 Å². The van der Waals surface area contributed by atoms with E-state index in [1.807, 2.05) is 36.4 Å². The van der Waals surface area contributed by atoms with Crippen molar-refractivity contribution in [2.75, 3.05) is 26.0 Å². The molecule has 0 radical (unpaired) electrons. The normalized spacial score (nSPS) is 10.6. The molecule has 142 valence electrons. The number of ether oxygens (including phenoxy) is 1. The average molecular weight is 385 g/mol. The Balaban J connectivity index is 1.99. The summed E-state index contributed by atoms with van der Waals surface area (Å²) in [6.07, 6.45) is 4.17. The molecular weight excluding hydrogens is 360 g/mol. The largest absolute Gasteiger partial charge is 0.494 e. The Morgan fingerprint density at radius 3 is 2.48 bits per heavy atom.